The lowest BCUT2D eigenvalue weighted by molar-refractivity contribution is -0.145. The number of halogens is 1. The number of hydrogen-bond donors (Lipinski definition) is 8. The summed E-state index contributed by atoms with van der Waals surface area (Å²) in [6, 6.07) is 23.2. The third kappa shape index (κ3) is 12.2. The fraction of sp³-hybridized carbons (Fsp3) is 0.233. The molecule has 0 bridgehead atoms. The smallest absolute Gasteiger partial charge is 0.323 e. The Kier molecular flexibility index (Phi) is 15.0. The van der Waals surface area contributed by atoms with Crippen LogP contribution >= 0.6 is 11.6 Å². The van der Waals surface area contributed by atoms with Crippen LogP contribution in [-0.4, -0.2) is 87.7 Å². The molecule has 1 heterocycles. The Balaban J connectivity index is 1.39. The topological polar surface area (TPSA) is 245 Å². The van der Waals surface area contributed by atoms with Crippen LogP contribution in [0.5, 0.6) is 0 Å². The van der Waals surface area contributed by atoms with Crippen LogP contribution in [-0.2, 0) is 48.0 Å². The van der Waals surface area contributed by atoms with E-state index in [1.54, 1.807) is 85.1 Å². The molecule has 0 fully saturated rings. The minimum absolute atomic E-state index is 0.0261. The molecule has 0 aliphatic carbocycles. The molecule has 4 aromatic carbocycles. The lowest BCUT2D eigenvalue weighted by atomic mass is 10.0. The van der Waals surface area contributed by atoms with Crippen LogP contribution in [0.4, 0.5) is 16.2 Å². The van der Waals surface area contributed by atoms with Gasteiger partial charge >= 0.3 is 12.0 Å². The van der Waals surface area contributed by atoms with Crippen LogP contribution in [0.15, 0.2) is 109 Å². The molecule has 17 heteroatoms. The molecular weight excluding hydrogens is 792 g/mol. The maximum atomic E-state index is 14.2. The zero-order valence-corrected chi connectivity index (χ0v) is 33.5. The number of nitrogens with one attached hydrogen (secondary N) is 6. The fourth-order valence-electron chi connectivity index (χ4n) is 6.58. The molecular formula is C43H45ClN8O8. The van der Waals surface area contributed by atoms with Gasteiger partial charge in [0.15, 0.2) is 0 Å². The predicted octanol–water partition coefficient (Wildman–Crippen LogP) is 3.75. The number of fused-ring (bicyclic) bond motifs is 1. The van der Waals surface area contributed by atoms with E-state index in [0.29, 0.717) is 27.5 Å². The SMILES string of the molecule is CC(=O)N[C@@H](Cc1c[nH]c2ccccc12)C(=O)N[C@@H](Cc1ccc(NC(=O)Nc2ccccc2Cl)cc1)C(=O)N[C@@H](CC(=O)O)C(=O)N(C)[C@@H](Cc1ccccc1)C(N)=O. The van der Waals surface area contributed by atoms with Gasteiger partial charge in [0.2, 0.25) is 29.5 Å². The Labute approximate surface area is 350 Å². The Hall–Kier alpha value is -7.20. The molecule has 0 radical (unpaired) electrons. The molecule has 1 aromatic heterocycles. The van der Waals surface area contributed by atoms with Crippen molar-refractivity contribution in [3.63, 3.8) is 0 Å². The van der Waals surface area contributed by atoms with E-state index in [4.69, 9.17) is 17.3 Å². The highest BCUT2D eigenvalue weighted by Crippen LogP contribution is 2.22. The van der Waals surface area contributed by atoms with Crippen LogP contribution in [0, 0.1) is 0 Å². The monoisotopic (exact) mass is 836 g/mol. The van der Waals surface area contributed by atoms with E-state index in [1.807, 2.05) is 24.3 Å². The van der Waals surface area contributed by atoms with Crippen molar-refractivity contribution in [3.05, 3.63) is 131 Å². The molecule has 0 aliphatic heterocycles. The number of urea groups is 1. The van der Waals surface area contributed by atoms with Crippen molar-refractivity contribution in [2.24, 2.45) is 5.73 Å². The number of H-pyrrole nitrogens is 1. The van der Waals surface area contributed by atoms with Crippen molar-refractivity contribution in [2.45, 2.75) is 56.8 Å². The Bertz CT molecular complexity index is 2350. The molecule has 7 amide bonds. The number of likely N-dealkylation sites (N-methyl/N-ethyl adjacent to an activating group) is 1. The molecule has 9 N–H and O–H groups in total. The molecule has 0 saturated heterocycles. The highest BCUT2D eigenvalue weighted by molar-refractivity contribution is 6.33. The highest BCUT2D eigenvalue weighted by Gasteiger charge is 2.35. The molecule has 0 unspecified atom stereocenters. The number of carboxylic acids is 1. The number of nitrogens with two attached hydrogens (primary N) is 1. The van der Waals surface area contributed by atoms with Gasteiger partial charge in [-0.15, -0.1) is 0 Å². The number of hydrogen-bond acceptors (Lipinski definition) is 7. The van der Waals surface area contributed by atoms with Crippen molar-refractivity contribution < 1.29 is 38.7 Å². The maximum Gasteiger partial charge on any atom is 0.323 e. The van der Waals surface area contributed by atoms with E-state index >= 15 is 0 Å². The number of aliphatic carboxylic acids is 1. The van der Waals surface area contributed by atoms with Crippen molar-refractivity contribution in [2.75, 3.05) is 17.7 Å². The molecule has 4 atom stereocenters. The van der Waals surface area contributed by atoms with Gasteiger partial charge in [-0.05, 0) is 47.0 Å². The Morgan fingerprint density at radius 2 is 1.32 bits per heavy atom. The summed E-state index contributed by atoms with van der Waals surface area (Å²) >= 11 is 6.15. The average molecular weight is 837 g/mol. The van der Waals surface area contributed by atoms with E-state index in [0.717, 1.165) is 21.4 Å². The number of aromatic nitrogens is 1. The van der Waals surface area contributed by atoms with Crippen molar-refractivity contribution in [1.82, 2.24) is 25.8 Å². The van der Waals surface area contributed by atoms with Gasteiger partial charge in [-0.3, -0.25) is 28.8 Å². The summed E-state index contributed by atoms with van der Waals surface area (Å²) < 4.78 is 0. The van der Waals surface area contributed by atoms with Crippen LogP contribution in [0.25, 0.3) is 10.9 Å². The summed E-state index contributed by atoms with van der Waals surface area (Å²) in [5.41, 5.74) is 9.18. The normalized spacial score (nSPS) is 12.8. The maximum absolute atomic E-state index is 14.2. The number of carboxylic acid groups (broad SMARTS) is 1. The lowest BCUT2D eigenvalue weighted by Gasteiger charge is -2.30. The summed E-state index contributed by atoms with van der Waals surface area (Å²) in [5.74, 6) is -5.35. The largest absolute Gasteiger partial charge is 0.481 e. The van der Waals surface area contributed by atoms with Gasteiger partial charge in [-0.2, -0.15) is 0 Å². The molecule has 60 heavy (non-hydrogen) atoms. The lowest BCUT2D eigenvalue weighted by Crippen LogP contribution is -2.59. The quantitative estimate of drug-likeness (QED) is 0.0645. The zero-order chi connectivity index (χ0) is 43.3. The van der Waals surface area contributed by atoms with E-state index in [9.17, 15) is 38.7 Å². The zero-order valence-electron chi connectivity index (χ0n) is 32.7. The molecule has 312 valence electrons. The third-order valence-corrected chi connectivity index (χ3v) is 9.94. The first kappa shape index (κ1) is 43.9. The fourth-order valence-corrected chi connectivity index (χ4v) is 6.76. The number of aromatic amines is 1. The second kappa shape index (κ2) is 20.5. The minimum Gasteiger partial charge on any atom is -0.481 e. The van der Waals surface area contributed by atoms with Gasteiger partial charge < -0.3 is 47.3 Å². The Morgan fingerprint density at radius 1 is 0.717 bits per heavy atom. The predicted molar refractivity (Wildman–Crippen MR) is 226 cm³/mol. The molecule has 5 rings (SSSR count). The highest BCUT2D eigenvalue weighted by atomic mass is 35.5. The standard InChI is InChI=1S/C43H45ClN8O8/c1-25(53)47-35(22-28-24-46-32-14-8-6-12-30(28)32)41(58)49-34(20-27-16-18-29(19-17-27)48-43(60)51-33-15-9-7-13-31(33)44)40(57)50-36(23-38(54)55)42(59)52(2)37(39(45)56)21-26-10-4-3-5-11-26/h3-19,24,34-37,46H,20-23H2,1-2H3,(H2,45,56)(H,47,53)(H,49,58)(H,50,57)(H,54,55)(H2,48,51,60)/t34-,35-,36-,37-/m0/s1. The number of amides is 7. The summed E-state index contributed by atoms with van der Waals surface area (Å²) in [4.78, 5) is 95.9. The number of primary amides is 1. The van der Waals surface area contributed by atoms with Crippen LogP contribution in [0.3, 0.4) is 0 Å². The average Bonchev–Trinajstić information content (AvgIpc) is 3.62. The van der Waals surface area contributed by atoms with Crippen molar-refractivity contribution in [3.8, 4) is 0 Å². The molecule has 0 aliphatic rings. The first-order valence-electron chi connectivity index (χ1n) is 18.8. The van der Waals surface area contributed by atoms with Crippen molar-refractivity contribution >= 4 is 75.4 Å². The van der Waals surface area contributed by atoms with Crippen molar-refractivity contribution in [1.29, 1.82) is 0 Å². The number of nitrogens with zero attached hydrogens (tertiary/aromatic N) is 1. The summed E-state index contributed by atoms with van der Waals surface area (Å²) in [5, 5.41) is 24.1. The number of benzene rings is 4. The number of rotatable bonds is 18. The molecule has 16 nitrogen and oxygen atoms in total. The number of para-hydroxylation sites is 2. The molecule has 5 aromatic rings. The van der Waals surface area contributed by atoms with Gasteiger partial charge in [0.05, 0.1) is 17.1 Å². The van der Waals surface area contributed by atoms with Crippen LogP contribution in [0.1, 0.15) is 30.0 Å². The van der Waals surface area contributed by atoms with E-state index in [1.165, 1.54) is 14.0 Å². The summed E-state index contributed by atoms with van der Waals surface area (Å²) in [6.45, 7) is 1.25. The minimum atomic E-state index is -1.68. The second-order valence-corrected chi connectivity index (χ2v) is 14.5. The van der Waals surface area contributed by atoms with Gasteiger partial charge in [0, 0.05) is 56.0 Å². The Morgan fingerprint density at radius 3 is 1.97 bits per heavy atom. The van der Waals surface area contributed by atoms with Gasteiger partial charge in [-0.1, -0.05) is 84.4 Å². The number of carbonyl (C=O) groups is 7. The van der Waals surface area contributed by atoms with Crippen LogP contribution in [0.2, 0.25) is 5.02 Å². The first-order chi connectivity index (χ1) is 28.7. The second-order valence-electron chi connectivity index (χ2n) is 14.1. The van der Waals surface area contributed by atoms with Gasteiger partial charge in [-0.25, -0.2) is 4.79 Å². The number of anilines is 2. The van der Waals surface area contributed by atoms with E-state index < -0.39 is 72.1 Å². The first-order valence-corrected chi connectivity index (χ1v) is 19.2. The molecule has 0 spiro atoms. The van der Waals surface area contributed by atoms with E-state index in [-0.39, 0.29) is 19.3 Å². The van der Waals surface area contributed by atoms with Gasteiger partial charge in [0.1, 0.15) is 24.2 Å². The number of carbonyl (C=O) groups excluding carboxylic acids is 6. The third-order valence-electron chi connectivity index (χ3n) is 9.61. The summed E-state index contributed by atoms with van der Waals surface area (Å²) in [6.07, 6.45) is 0.750. The summed E-state index contributed by atoms with van der Waals surface area (Å²) in [7, 11) is 1.29. The van der Waals surface area contributed by atoms with Crippen LogP contribution < -0.4 is 32.3 Å². The van der Waals surface area contributed by atoms with E-state index in [2.05, 4.69) is 31.6 Å². The molecule has 0 saturated carbocycles. The van der Waals surface area contributed by atoms with Gasteiger partial charge in [0.25, 0.3) is 0 Å².